The monoisotopic (exact) mass is 297 g/mol. The highest BCUT2D eigenvalue weighted by atomic mass is 32.2. The van der Waals surface area contributed by atoms with Crippen LogP contribution < -0.4 is 15.4 Å². The van der Waals surface area contributed by atoms with Crippen LogP contribution in [0.2, 0.25) is 0 Å². The third-order valence-electron chi connectivity index (χ3n) is 3.74. The Bertz CT molecular complexity index is 552. The van der Waals surface area contributed by atoms with Crippen molar-refractivity contribution in [2.45, 2.75) is 37.1 Å². The van der Waals surface area contributed by atoms with Crippen molar-refractivity contribution in [3.8, 4) is 0 Å². The molecule has 2 rings (SSSR count). The van der Waals surface area contributed by atoms with Crippen LogP contribution in [0, 0.1) is 6.92 Å². The largest absolute Gasteiger partial charge is 0.383 e. The molecule has 0 bridgehead atoms. The number of rotatable bonds is 5. The van der Waals surface area contributed by atoms with Gasteiger partial charge in [-0.3, -0.25) is 0 Å². The molecule has 1 aliphatic rings. The molecule has 1 saturated heterocycles. The average molecular weight is 297 g/mol. The lowest BCUT2D eigenvalue weighted by atomic mass is 10.0. The molecule has 1 aromatic rings. The zero-order valence-corrected chi connectivity index (χ0v) is 12.9. The van der Waals surface area contributed by atoms with Crippen LogP contribution in [-0.4, -0.2) is 34.6 Å². The smallest absolute Gasteiger partial charge is 0.240 e. The van der Waals surface area contributed by atoms with Gasteiger partial charge >= 0.3 is 0 Å². The van der Waals surface area contributed by atoms with Gasteiger partial charge in [-0.2, -0.15) is 0 Å². The van der Waals surface area contributed by atoms with Crippen molar-refractivity contribution in [2.75, 3.05) is 25.5 Å². The van der Waals surface area contributed by atoms with E-state index in [2.05, 4.69) is 15.4 Å². The van der Waals surface area contributed by atoms with E-state index >= 15 is 0 Å². The molecular formula is C14H23N3O2S. The van der Waals surface area contributed by atoms with E-state index in [0.29, 0.717) is 10.9 Å². The Balaban J connectivity index is 2.08. The molecule has 0 radical (unpaired) electrons. The first-order valence-electron chi connectivity index (χ1n) is 7.04. The Kier molecular flexibility index (Phi) is 5.01. The third kappa shape index (κ3) is 3.71. The second-order valence-corrected chi connectivity index (χ2v) is 7.10. The predicted molar refractivity (Wildman–Crippen MR) is 81.6 cm³/mol. The van der Waals surface area contributed by atoms with Crippen molar-refractivity contribution >= 4 is 15.7 Å². The molecule has 3 N–H and O–H groups in total. The Morgan fingerprint density at radius 3 is 2.80 bits per heavy atom. The minimum atomic E-state index is -3.39. The molecule has 112 valence electrons. The van der Waals surface area contributed by atoms with E-state index in [9.17, 15) is 8.42 Å². The van der Waals surface area contributed by atoms with Gasteiger partial charge in [0.2, 0.25) is 10.0 Å². The van der Waals surface area contributed by atoms with Crippen LogP contribution in [0.25, 0.3) is 0 Å². The number of nitrogens with one attached hydrogen (secondary N) is 3. The maximum atomic E-state index is 11.8. The summed E-state index contributed by atoms with van der Waals surface area (Å²) in [7, 11) is -1.96. The number of anilines is 1. The van der Waals surface area contributed by atoms with Crippen LogP contribution in [0.3, 0.4) is 0 Å². The summed E-state index contributed by atoms with van der Waals surface area (Å²) in [6.07, 6.45) is 3.67. The standard InChI is InChI=1S/C14H23N3O2S/c1-11-6-7-13(20(18,19)15-2)9-14(11)17-10-12-5-3-4-8-16-12/h6-7,9,12,15-17H,3-5,8,10H2,1-2H3. The molecule has 1 atom stereocenters. The van der Waals surface area contributed by atoms with E-state index in [1.54, 1.807) is 12.1 Å². The van der Waals surface area contributed by atoms with E-state index in [-0.39, 0.29) is 0 Å². The first-order chi connectivity index (χ1) is 9.53. The second-order valence-electron chi connectivity index (χ2n) is 5.21. The minimum absolute atomic E-state index is 0.296. The third-order valence-corrected chi connectivity index (χ3v) is 5.15. The summed E-state index contributed by atoms with van der Waals surface area (Å²) >= 11 is 0. The van der Waals surface area contributed by atoms with E-state index in [4.69, 9.17) is 0 Å². The second kappa shape index (κ2) is 6.56. The molecular weight excluding hydrogens is 274 g/mol. The SMILES string of the molecule is CNS(=O)(=O)c1ccc(C)c(NCC2CCCCN2)c1. The van der Waals surface area contributed by atoms with Gasteiger partial charge in [0.25, 0.3) is 0 Å². The van der Waals surface area contributed by atoms with Crippen molar-refractivity contribution in [1.82, 2.24) is 10.0 Å². The van der Waals surface area contributed by atoms with Crippen LogP contribution in [-0.2, 0) is 10.0 Å². The molecule has 0 amide bonds. The fourth-order valence-electron chi connectivity index (χ4n) is 2.41. The molecule has 1 fully saturated rings. The molecule has 1 aromatic carbocycles. The maximum absolute atomic E-state index is 11.8. The Morgan fingerprint density at radius 2 is 2.15 bits per heavy atom. The first kappa shape index (κ1) is 15.3. The lowest BCUT2D eigenvalue weighted by Crippen LogP contribution is -2.39. The van der Waals surface area contributed by atoms with Gasteiger partial charge < -0.3 is 10.6 Å². The van der Waals surface area contributed by atoms with Crippen molar-refractivity contribution in [3.05, 3.63) is 23.8 Å². The van der Waals surface area contributed by atoms with E-state index in [1.165, 1.54) is 26.3 Å². The summed E-state index contributed by atoms with van der Waals surface area (Å²) in [5.41, 5.74) is 1.93. The molecule has 1 aliphatic heterocycles. The Hall–Kier alpha value is -1.11. The normalized spacial score (nSPS) is 19.8. The summed E-state index contributed by atoms with van der Waals surface area (Å²) in [4.78, 5) is 0.296. The molecule has 0 aliphatic carbocycles. The lowest BCUT2D eigenvalue weighted by Gasteiger charge is -2.24. The molecule has 0 saturated carbocycles. The van der Waals surface area contributed by atoms with Crippen molar-refractivity contribution in [2.24, 2.45) is 0 Å². The quantitative estimate of drug-likeness (QED) is 0.769. The van der Waals surface area contributed by atoms with Crippen molar-refractivity contribution in [3.63, 3.8) is 0 Å². The van der Waals surface area contributed by atoms with Gasteiger partial charge in [0.15, 0.2) is 0 Å². The van der Waals surface area contributed by atoms with Gasteiger partial charge in [-0.15, -0.1) is 0 Å². The molecule has 20 heavy (non-hydrogen) atoms. The fourth-order valence-corrected chi connectivity index (χ4v) is 3.16. The van der Waals surface area contributed by atoms with Crippen LogP contribution >= 0.6 is 0 Å². The zero-order valence-electron chi connectivity index (χ0n) is 12.1. The highest BCUT2D eigenvalue weighted by Crippen LogP contribution is 2.20. The summed E-state index contributed by atoms with van der Waals surface area (Å²) in [5, 5.41) is 6.84. The topological polar surface area (TPSA) is 70.2 Å². The van der Waals surface area contributed by atoms with Crippen molar-refractivity contribution < 1.29 is 8.42 Å². The fraction of sp³-hybridized carbons (Fsp3) is 0.571. The average Bonchev–Trinajstić information content (AvgIpc) is 2.47. The van der Waals surface area contributed by atoms with Crippen LogP contribution in [0.5, 0.6) is 0 Å². The number of sulfonamides is 1. The molecule has 1 unspecified atom stereocenters. The Morgan fingerprint density at radius 1 is 1.35 bits per heavy atom. The zero-order chi connectivity index (χ0) is 14.6. The summed E-state index contributed by atoms with van der Waals surface area (Å²) in [6, 6.07) is 5.63. The van der Waals surface area contributed by atoms with Gasteiger partial charge in [-0.1, -0.05) is 12.5 Å². The predicted octanol–water partition coefficient (Wildman–Crippen LogP) is 1.46. The lowest BCUT2D eigenvalue weighted by molar-refractivity contribution is 0.414. The maximum Gasteiger partial charge on any atom is 0.240 e. The molecule has 1 heterocycles. The summed E-state index contributed by atoms with van der Waals surface area (Å²) in [6.45, 7) is 3.87. The number of benzene rings is 1. The van der Waals surface area contributed by atoms with Crippen LogP contribution in [0.4, 0.5) is 5.69 Å². The minimum Gasteiger partial charge on any atom is -0.383 e. The molecule has 6 heteroatoms. The highest BCUT2D eigenvalue weighted by Gasteiger charge is 2.15. The first-order valence-corrected chi connectivity index (χ1v) is 8.53. The van der Waals surface area contributed by atoms with E-state index in [1.807, 2.05) is 13.0 Å². The molecule has 5 nitrogen and oxygen atoms in total. The van der Waals surface area contributed by atoms with E-state index in [0.717, 1.165) is 24.3 Å². The number of aryl methyl sites for hydroxylation is 1. The van der Waals surface area contributed by atoms with Gasteiger partial charge in [-0.25, -0.2) is 13.1 Å². The summed E-state index contributed by atoms with van der Waals surface area (Å²) in [5.74, 6) is 0. The number of hydrogen-bond donors (Lipinski definition) is 3. The summed E-state index contributed by atoms with van der Waals surface area (Å²) < 4.78 is 26.0. The van der Waals surface area contributed by atoms with Gasteiger partial charge in [-0.05, 0) is 51.1 Å². The van der Waals surface area contributed by atoms with E-state index < -0.39 is 10.0 Å². The van der Waals surface area contributed by atoms with Gasteiger partial charge in [0.1, 0.15) is 0 Å². The van der Waals surface area contributed by atoms with Gasteiger partial charge in [0.05, 0.1) is 4.90 Å². The molecule has 0 spiro atoms. The number of hydrogen-bond acceptors (Lipinski definition) is 4. The Labute approximate surface area is 121 Å². The van der Waals surface area contributed by atoms with Crippen LogP contribution in [0.1, 0.15) is 24.8 Å². The van der Waals surface area contributed by atoms with Crippen molar-refractivity contribution in [1.29, 1.82) is 0 Å². The number of piperidine rings is 1. The molecule has 0 aromatic heterocycles. The highest BCUT2D eigenvalue weighted by molar-refractivity contribution is 7.89. The van der Waals surface area contributed by atoms with Crippen LogP contribution in [0.15, 0.2) is 23.1 Å². The van der Waals surface area contributed by atoms with Gasteiger partial charge in [0, 0.05) is 18.3 Å².